The molecule has 2 heterocycles. The number of anilines is 1. The van der Waals surface area contributed by atoms with Crippen LogP contribution in [-0.2, 0) is 13.0 Å². The Morgan fingerprint density at radius 2 is 2.47 bits per heavy atom. The monoisotopic (exact) mass is 209 g/mol. The average Bonchev–Trinajstić information content (AvgIpc) is 2.56. The van der Waals surface area contributed by atoms with Gasteiger partial charge in [0.05, 0.1) is 5.69 Å². The second-order valence-electron chi connectivity index (χ2n) is 3.72. The minimum atomic E-state index is -0.874. The molecule has 0 unspecified atom stereocenters. The highest BCUT2D eigenvalue weighted by Crippen LogP contribution is 2.21. The number of hydrogen-bond donors (Lipinski definition) is 2. The van der Waals surface area contributed by atoms with Crippen molar-refractivity contribution in [1.82, 2.24) is 9.55 Å². The van der Waals surface area contributed by atoms with Gasteiger partial charge in [-0.1, -0.05) is 13.3 Å². The second kappa shape index (κ2) is 3.92. The van der Waals surface area contributed by atoms with Crippen molar-refractivity contribution in [2.75, 3.05) is 11.9 Å². The fraction of sp³-hybridized carbons (Fsp3) is 0.600. The van der Waals surface area contributed by atoms with E-state index in [2.05, 4.69) is 10.3 Å². The van der Waals surface area contributed by atoms with Gasteiger partial charge in [-0.25, -0.2) is 9.78 Å². The molecule has 2 rings (SSSR count). The van der Waals surface area contributed by atoms with Crippen LogP contribution in [-0.4, -0.2) is 27.2 Å². The maximum atomic E-state index is 11.1. The molecule has 0 spiro atoms. The van der Waals surface area contributed by atoms with Crippen molar-refractivity contribution in [2.24, 2.45) is 0 Å². The van der Waals surface area contributed by atoms with E-state index in [-0.39, 0.29) is 0 Å². The largest absolute Gasteiger partial charge is 0.477 e. The molecule has 0 aliphatic carbocycles. The summed E-state index contributed by atoms with van der Waals surface area (Å²) < 4.78 is 1.77. The Hall–Kier alpha value is -1.52. The van der Waals surface area contributed by atoms with Crippen molar-refractivity contribution in [3.8, 4) is 0 Å². The summed E-state index contributed by atoms with van der Waals surface area (Å²) in [6, 6.07) is 0. The Morgan fingerprint density at radius 3 is 3.13 bits per heavy atom. The Kier molecular flexibility index (Phi) is 2.62. The average molecular weight is 209 g/mol. The smallest absolute Gasteiger partial charge is 0.354 e. The predicted molar refractivity (Wildman–Crippen MR) is 56.3 cm³/mol. The third-order valence-electron chi connectivity index (χ3n) is 2.57. The van der Waals surface area contributed by atoms with Crippen molar-refractivity contribution in [1.29, 1.82) is 0 Å². The zero-order chi connectivity index (χ0) is 10.8. The number of hydrogen-bond acceptors (Lipinski definition) is 3. The van der Waals surface area contributed by atoms with Gasteiger partial charge in [-0.05, 0) is 12.8 Å². The highest BCUT2D eigenvalue weighted by Gasteiger charge is 2.23. The summed E-state index contributed by atoms with van der Waals surface area (Å²) in [7, 11) is 0. The highest BCUT2D eigenvalue weighted by atomic mass is 16.4. The summed E-state index contributed by atoms with van der Waals surface area (Å²) in [5.41, 5.74) is 1.06. The maximum absolute atomic E-state index is 11.1. The molecule has 1 aromatic heterocycles. The van der Waals surface area contributed by atoms with Gasteiger partial charge in [0.2, 0.25) is 5.95 Å². The minimum absolute atomic E-state index is 0.360. The van der Waals surface area contributed by atoms with Crippen molar-refractivity contribution < 1.29 is 9.90 Å². The van der Waals surface area contributed by atoms with Crippen LogP contribution in [0.2, 0.25) is 0 Å². The SMILES string of the molecule is CCCc1nc2n(c1C(=O)O)CCCN2. The van der Waals surface area contributed by atoms with Gasteiger partial charge in [-0.3, -0.25) is 0 Å². The van der Waals surface area contributed by atoms with Crippen molar-refractivity contribution in [3.05, 3.63) is 11.4 Å². The van der Waals surface area contributed by atoms with Crippen LogP contribution in [0.25, 0.3) is 0 Å². The molecule has 0 saturated heterocycles. The summed E-state index contributed by atoms with van der Waals surface area (Å²) in [6.07, 6.45) is 2.59. The molecule has 1 aliphatic rings. The van der Waals surface area contributed by atoms with E-state index in [9.17, 15) is 4.79 Å². The van der Waals surface area contributed by atoms with E-state index in [1.54, 1.807) is 4.57 Å². The van der Waals surface area contributed by atoms with Gasteiger partial charge >= 0.3 is 5.97 Å². The van der Waals surface area contributed by atoms with Crippen LogP contribution in [0.3, 0.4) is 0 Å². The first-order valence-electron chi connectivity index (χ1n) is 5.30. The molecular weight excluding hydrogens is 194 g/mol. The van der Waals surface area contributed by atoms with Gasteiger partial charge < -0.3 is 15.0 Å². The molecule has 5 nitrogen and oxygen atoms in total. The second-order valence-corrected chi connectivity index (χ2v) is 3.72. The van der Waals surface area contributed by atoms with E-state index in [1.165, 1.54) is 0 Å². The van der Waals surface area contributed by atoms with E-state index in [0.29, 0.717) is 17.3 Å². The third-order valence-corrected chi connectivity index (χ3v) is 2.57. The normalized spacial score (nSPS) is 14.5. The Morgan fingerprint density at radius 1 is 1.67 bits per heavy atom. The molecule has 0 amide bonds. The molecule has 0 radical (unpaired) electrons. The van der Waals surface area contributed by atoms with Gasteiger partial charge in [0.25, 0.3) is 0 Å². The van der Waals surface area contributed by atoms with E-state index < -0.39 is 5.97 Å². The van der Waals surface area contributed by atoms with Gasteiger partial charge in [0.15, 0.2) is 5.69 Å². The number of rotatable bonds is 3. The van der Waals surface area contributed by atoms with Crippen molar-refractivity contribution in [2.45, 2.75) is 32.7 Å². The Bertz CT molecular complexity index is 384. The molecule has 1 aliphatic heterocycles. The van der Waals surface area contributed by atoms with Crippen LogP contribution in [0.15, 0.2) is 0 Å². The predicted octanol–water partition coefficient (Wildman–Crippen LogP) is 1.35. The molecule has 0 atom stereocenters. The van der Waals surface area contributed by atoms with Crippen molar-refractivity contribution >= 4 is 11.9 Å². The minimum Gasteiger partial charge on any atom is -0.477 e. The van der Waals surface area contributed by atoms with Crippen LogP contribution in [0, 0.1) is 0 Å². The fourth-order valence-corrected chi connectivity index (χ4v) is 1.94. The first-order valence-corrected chi connectivity index (χ1v) is 5.30. The number of nitrogens with zero attached hydrogens (tertiary/aromatic N) is 2. The van der Waals surface area contributed by atoms with E-state index in [1.807, 2.05) is 6.92 Å². The summed E-state index contributed by atoms with van der Waals surface area (Å²) >= 11 is 0. The van der Waals surface area contributed by atoms with E-state index in [0.717, 1.165) is 32.4 Å². The molecule has 2 N–H and O–H groups in total. The van der Waals surface area contributed by atoms with Crippen LogP contribution >= 0.6 is 0 Å². The number of imidazole rings is 1. The number of nitrogens with one attached hydrogen (secondary N) is 1. The Balaban J connectivity index is 2.46. The van der Waals surface area contributed by atoms with E-state index >= 15 is 0 Å². The van der Waals surface area contributed by atoms with Crippen LogP contribution in [0.5, 0.6) is 0 Å². The lowest BCUT2D eigenvalue weighted by atomic mass is 10.2. The molecule has 1 aromatic rings. The molecular formula is C10H15N3O2. The van der Waals surface area contributed by atoms with Crippen molar-refractivity contribution in [3.63, 3.8) is 0 Å². The van der Waals surface area contributed by atoms with Crippen LogP contribution < -0.4 is 5.32 Å². The maximum Gasteiger partial charge on any atom is 0.354 e. The molecule has 82 valence electrons. The molecule has 5 heteroatoms. The lowest BCUT2D eigenvalue weighted by molar-refractivity contribution is 0.0683. The number of aromatic carboxylic acids is 1. The van der Waals surface area contributed by atoms with Gasteiger partial charge in [0, 0.05) is 13.1 Å². The zero-order valence-corrected chi connectivity index (χ0v) is 8.79. The highest BCUT2D eigenvalue weighted by molar-refractivity contribution is 5.88. The lowest BCUT2D eigenvalue weighted by Crippen LogP contribution is -2.20. The first kappa shape index (κ1) is 10.0. The standard InChI is InChI=1S/C10H15N3O2/c1-2-4-7-8(9(14)15)13-6-3-5-11-10(13)12-7/h2-6H2,1H3,(H,11,12)(H,14,15). The van der Waals surface area contributed by atoms with E-state index in [4.69, 9.17) is 5.11 Å². The Labute approximate surface area is 88.1 Å². The number of carbonyl (C=O) groups is 1. The molecule has 0 aromatic carbocycles. The number of carboxylic acid groups (broad SMARTS) is 1. The lowest BCUT2D eigenvalue weighted by Gasteiger charge is -2.16. The summed E-state index contributed by atoms with van der Waals surface area (Å²) in [6.45, 7) is 3.65. The number of fused-ring (bicyclic) bond motifs is 1. The summed E-state index contributed by atoms with van der Waals surface area (Å²) in [4.78, 5) is 15.5. The molecule has 0 saturated carbocycles. The first-order chi connectivity index (χ1) is 7.24. The van der Waals surface area contributed by atoms with Gasteiger partial charge in [-0.15, -0.1) is 0 Å². The molecule has 15 heavy (non-hydrogen) atoms. The van der Waals surface area contributed by atoms with Crippen LogP contribution in [0.1, 0.15) is 35.9 Å². The zero-order valence-electron chi connectivity index (χ0n) is 8.79. The quantitative estimate of drug-likeness (QED) is 0.788. The van der Waals surface area contributed by atoms with Crippen LogP contribution in [0.4, 0.5) is 5.95 Å². The topological polar surface area (TPSA) is 67.2 Å². The number of carboxylic acids is 1. The fourth-order valence-electron chi connectivity index (χ4n) is 1.94. The number of aryl methyl sites for hydroxylation is 1. The number of aromatic nitrogens is 2. The molecule has 0 bridgehead atoms. The third kappa shape index (κ3) is 1.69. The summed E-state index contributed by atoms with van der Waals surface area (Å²) in [5, 5.41) is 12.3. The van der Waals surface area contributed by atoms with Gasteiger partial charge in [-0.2, -0.15) is 0 Å². The molecule has 0 fully saturated rings. The van der Waals surface area contributed by atoms with Gasteiger partial charge in [0.1, 0.15) is 0 Å². The summed E-state index contributed by atoms with van der Waals surface area (Å²) in [5.74, 6) is -0.164.